The molecule has 0 bridgehead atoms. The van der Waals surface area contributed by atoms with Gasteiger partial charge in [0.15, 0.2) is 0 Å². The van der Waals surface area contributed by atoms with Crippen molar-refractivity contribution < 1.29 is 9.53 Å². The number of thiazole rings is 1. The third-order valence-electron chi connectivity index (χ3n) is 3.68. The van der Waals surface area contributed by atoms with Crippen molar-refractivity contribution in [2.75, 3.05) is 6.61 Å². The zero-order valence-electron chi connectivity index (χ0n) is 12.2. The van der Waals surface area contributed by atoms with Crippen molar-refractivity contribution in [2.45, 2.75) is 12.5 Å². The maximum absolute atomic E-state index is 12.4. The lowest BCUT2D eigenvalue weighted by atomic mass is 10.0. The van der Waals surface area contributed by atoms with E-state index in [2.05, 4.69) is 10.3 Å². The molecular weight excluding hydrogens is 328 g/mol. The normalized spacial score (nSPS) is 16.4. The molecular formula is C17H14N2O2S2. The third kappa shape index (κ3) is 3.00. The number of fused-ring (bicyclic) bond motifs is 1. The van der Waals surface area contributed by atoms with Crippen LogP contribution in [0, 0.1) is 0 Å². The van der Waals surface area contributed by atoms with Crippen molar-refractivity contribution in [2.24, 2.45) is 0 Å². The predicted molar refractivity (Wildman–Crippen MR) is 92.3 cm³/mol. The smallest absolute Gasteiger partial charge is 0.271 e. The summed E-state index contributed by atoms with van der Waals surface area (Å²) in [5.41, 5.74) is 1.60. The summed E-state index contributed by atoms with van der Waals surface area (Å²) in [6.45, 7) is 0.491. The van der Waals surface area contributed by atoms with Gasteiger partial charge in [0.25, 0.3) is 5.91 Å². The minimum absolute atomic E-state index is 0.0238. The highest BCUT2D eigenvalue weighted by atomic mass is 32.1. The molecule has 1 aliphatic rings. The van der Waals surface area contributed by atoms with Crippen LogP contribution in [0.25, 0.3) is 9.88 Å². The van der Waals surface area contributed by atoms with Gasteiger partial charge in [0.05, 0.1) is 10.9 Å². The molecule has 2 aromatic heterocycles. The first kappa shape index (κ1) is 14.4. The zero-order chi connectivity index (χ0) is 15.6. The monoisotopic (exact) mass is 342 g/mol. The maximum atomic E-state index is 12.4. The molecule has 4 rings (SSSR count). The number of amides is 1. The summed E-state index contributed by atoms with van der Waals surface area (Å²) >= 11 is 3.12. The number of thiophene rings is 1. The molecule has 1 aliphatic heterocycles. The van der Waals surface area contributed by atoms with Gasteiger partial charge < -0.3 is 10.1 Å². The number of nitrogens with one attached hydrogen (secondary N) is 1. The van der Waals surface area contributed by atoms with Gasteiger partial charge >= 0.3 is 0 Å². The number of aromatic nitrogens is 1. The Balaban J connectivity index is 1.45. The number of nitrogens with zero attached hydrogens (tertiary/aromatic N) is 1. The summed E-state index contributed by atoms with van der Waals surface area (Å²) in [5, 5.41) is 7.72. The summed E-state index contributed by atoms with van der Waals surface area (Å²) in [6.07, 6.45) is 0.782. The molecule has 0 unspecified atom stereocenters. The number of para-hydroxylation sites is 1. The van der Waals surface area contributed by atoms with Crippen LogP contribution in [0.4, 0.5) is 0 Å². The van der Waals surface area contributed by atoms with Crippen LogP contribution < -0.4 is 10.1 Å². The summed E-state index contributed by atoms with van der Waals surface area (Å²) in [7, 11) is 0. The SMILES string of the molecule is O=C(N[C@H]1COc2ccccc2C1)c1csc(-c2cccs2)n1. The van der Waals surface area contributed by atoms with Gasteiger partial charge in [-0.2, -0.15) is 0 Å². The van der Waals surface area contributed by atoms with Gasteiger partial charge in [0, 0.05) is 5.38 Å². The standard InChI is InChI=1S/C17H14N2O2S2/c20-16(13-10-23-17(19-13)15-6-3-7-22-15)18-12-8-11-4-1-2-5-14(11)21-9-12/h1-7,10,12H,8-9H2,(H,18,20)/t12-/m1/s1. The highest BCUT2D eigenvalue weighted by Crippen LogP contribution is 2.28. The minimum atomic E-state index is -0.142. The molecule has 116 valence electrons. The Labute approximate surface area is 141 Å². The van der Waals surface area contributed by atoms with Gasteiger partial charge in [-0.15, -0.1) is 22.7 Å². The maximum Gasteiger partial charge on any atom is 0.271 e. The molecule has 1 aromatic carbocycles. The molecule has 1 amide bonds. The lowest BCUT2D eigenvalue weighted by Gasteiger charge is -2.25. The number of hydrogen-bond acceptors (Lipinski definition) is 5. The molecule has 4 nitrogen and oxygen atoms in total. The summed E-state index contributed by atoms with van der Waals surface area (Å²) in [4.78, 5) is 17.9. The fourth-order valence-electron chi connectivity index (χ4n) is 2.57. The Morgan fingerprint density at radius 1 is 1.22 bits per heavy atom. The Morgan fingerprint density at radius 2 is 2.13 bits per heavy atom. The Kier molecular flexibility index (Phi) is 3.85. The number of carbonyl (C=O) groups is 1. The Morgan fingerprint density at radius 3 is 3.00 bits per heavy atom. The number of rotatable bonds is 3. The van der Waals surface area contributed by atoms with Crippen LogP contribution in [0.5, 0.6) is 5.75 Å². The number of carbonyl (C=O) groups excluding carboxylic acids is 1. The first-order valence-corrected chi connectivity index (χ1v) is 9.06. The Bertz CT molecular complexity index is 827. The second-order valence-corrected chi connectivity index (χ2v) is 7.11. The number of ether oxygens (including phenoxy) is 1. The largest absolute Gasteiger partial charge is 0.491 e. The van der Waals surface area contributed by atoms with Crippen LogP contribution in [0.15, 0.2) is 47.2 Å². The zero-order valence-corrected chi connectivity index (χ0v) is 13.8. The van der Waals surface area contributed by atoms with Gasteiger partial charge in [-0.05, 0) is 29.5 Å². The first-order valence-electron chi connectivity index (χ1n) is 7.30. The van der Waals surface area contributed by atoms with Gasteiger partial charge in [0.1, 0.15) is 23.1 Å². The van der Waals surface area contributed by atoms with Crippen LogP contribution >= 0.6 is 22.7 Å². The quantitative estimate of drug-likeness (QED) is 0.791. The molecule has 3 heterocycles. The van der Waals surface area contributed by atoms with Gasteiger partial charge in [-0.3, -0.25) is 4.79 Å². The second-order valence-electron chi connectivity index (χ2n) is 5.31. The van der Waals surface area contributed by atoms with Crippen molar-refractivity contribution in [3.63, 3.8) is 0 Å². The fraction of sp³-hybridized carbons (Fsp3) is 0.176. The first-order chi connectivity index (χ1) is 11.3. The highest BCUT2D eigenvalue weighted by Gasteiger charge is 2.22. The van der Waals surface area contributed by atoms with E-state index in [9.17, 15) is 4.79 Å². The summed E-state index contributed by atoms with van der Waals surface area (Å²) < 4.78 is 5.71. The topological polar surface area (TPSA) is 51.2 Å². The second kappa shape index (κ2) is 6.14. The van der Waals surface area contributed by atoms with Crippen LogP contribution in [-0.2, 0) is 6.42 Å². The van der Waals surface area contributed by atoms with E-state index >= 15 is 0 Å². The van der Waals surface area contributed by atoms with Crippen molar-refractivity contribution in [3.8, 4) is 15.6 Å². The van der Waals surface area contributed by atoms with Crippen LogP contribution in [0.1, 0.15) is 16.1 Å². The van der Waals surface area contributed by atoms with E-state index in [0.717, 1.165) is 27.6 Å². The van der Waals surface area contributed by atoms with Crippen LogP contribution in [0.2, 0.25) is 0 Å². The molecule has 23 heavy (non-hydrogen) atoms. The molecule has 0 spiro atoms. The molecule has 0 saturated heterocycles. The van der Waals surface area contributed by atoms with E-state index in [1.54, 1.807) is 11.3 Å². The van der Waals surface area contributed by atoms with Crippen LogP contribution in [0.3, 0.4) is 0 Å². The van der Waals surface area contributed by atoms with Crippen molar-refractivity contribution in [1.29, 1.82) is 0 Å². The molecule has 6 heteroatoms. The fourth-order valence-corrected chi connectivity index (χ4v) is 4.19. The van der Waals surface area contributed by atoms with Gasteiger partial charge in [-0.1, -0.05) is 24.3 Å². The average molecular weight is 342 g/mol. The van der Waals surface area contributed by atoms with E-state index in [0.29, 0.717) is 12.3 Å². The van der Waals surface area contributed by atoms with E-state index < -0.39 is 0 Å². The molecule has 0 saturated carbocycles. The van der Waals surface area contributed by atoms with Crippen molar-refractivity contribution >= 4 is 28.6 Å². The average Bonchev–Trinajstić information content (AvgIpc) is 3.26. The summed E-state index contributed by atoms with van der Waals surface area (Å²) in [6, 6.07) is 11.9. The molecule has 1 atom stereocenters. The lowest BCUT2D eigenvalue weighted by Crippen LogP contribution is -2.42. The molecule has 0 aliphatic carbocycles. The van der Waals surface area contributed by atoms with Crippen molar-refractivity contribution in [3.05, 3.63) is 58.4 Å². The van der Waals surface area contributed by atoms with Crippen molar-refractivity contribution in [1.82, 2.24) is 10.3 Å². The van der Waals surface area contributed by atoms with E-state index in [4.69, 9.17) is 4.74 Å². The Hall–Kier alpha value is -2.18. The van der Waals surface area contributed by atoms with E-state index in [-0.39, 0.29) is 11.9 Å². The molecule has 0 fully saturated rings. The number of benzene rings is 1. The summed E-state index contributed by atoms with van der Waals surface area (Å²) in [5.74, 6) is 0.767. The van der Waals surface area contributed by atoms with Gasteiger partial charge in [-0.25, -0.2) is 4.98 Å². The predicted octanol–water partition coefficient (Wildman–Crippen LogP) is 3.61. The van der Waals surface area contributed by atoms with Gasteiger partial charge in [0.2, 0.25) is 0 Å². The van der Waals surface area contributed by atoms with E-state index in [1.165, 1.54) is 11.3 Å². The molecule has 3 aromatic rings. The van der Waals surface area contributed by atoms with Crippen LogP contribution in [-0.4, -0.2) is 23.5 Å². The highest BCUT2D eigenvalue weighted by molar-refractivity contribution is 7.20. The third-order valence-corrected chi connectivity index (χ3v) is 5.56. The molecule has 1 N–H and O–H groups in total. The van der Waals surface area contributed by atoms with E-state index in [1.807, 2.05) is 47.2 Å². The number of hydrogen-bond donors (Lipinski definition) is 1. The lowest BCUT2D eigenvalue weighted by molar-refractivity contribution is 0.0911. The molecule has 0 radical (unpaired) electrons. The minimum Gasteiger partial charge on any atom is -0.491 e.